The first-order chi connectivity index (χ1) is 10.7. The molecule has 0 amide bonds. The van der Waals surface area contributed by atoms with E-state index in [4.69, 9.17) is 9.84 Å². The third-order valence-electron chi connectivity index (χ3n) is 3.50. The number of rotatable bonds is 8. The molecule has 1 aromatic heterocycles. The summed E-state index contributed by atoms with van der Waals surface area (Å²) in [6.45, 7) is 2.85. The smallest absolute Gasteiger partial charge is 0.305 e. The third kappa shape index (κ3) is 3.98. The number of hydrogen-bond donors (Lipinski definition) is 2. The van der Waals surface area contributed by atoms with Gasteiger partial charge in [0.15, 0.2) is 0 Å². The number of aromatic nitrogens is 2. The molecule has 0 aliphatic carbocycles. The Morgan fingerprint density at radius 2 is 2.27 bits per heavy atom. The number of nitrogens with one attached hydrogen (secondary N) is 1. The zero-order chi connectivity index (χ0) is 15.9. The highest BCUT2D eigenvalue weighted by atomic mass is 16.5. The van der Waals surface area contributed by atoms with Crippen LogP contribution in [0.4, 0.5) is 5.69 Å². The van der Waals surface area contributed by atoms with Crippen molar-refractivity contribution in [3.63, 3.8) is 0 Å². The zero-order valence-corrected chi connectivity index (χ0v) is 13.1. The van der Waals surface area contributed by atoms with Crippen molar-refractivity contribution in [2.75, 3.05) is 25.1 Å². The molecule has 6 heteroatoms. The lowest BCUT2D eigenvalue weighted by Gasteiger charge is -2.04. The van der Waals surface area contributed by atoms with Gasteiger partial charge in [0.2, 0.25) is 0 Å². The summed E-state index contributed by atoms with van der Waals surface area (Å²) in [5.41, 5.74) is 2.91. The van der Waals surface area contributed by atoms with E-state index in [1.165, 1.54) is 0 Å². The predicted molar refractivity (Wildman–Crippen MR) is 85.9 cm³/mol. The summed E-state index contributed by atoms with van der Waals surface area (Å²) in [7, 11) is 1.98. The molecule has 120 valence electrons. The maximum atomic E-state index is 11.4. The van der Waals surface area contributed by atoms with Crippen molar-refractivity contribution in [3.05, 3.63) is 24.0 Å². The molecule has 0 fully saturated rings. The minimum Gasteiger partial charge on any atom is -0.466 e. The van der Waals surface area contributed by atoms with Gasteiger partial charge >= 0.3 is 5.97 Å². The number of imidazole rings is 1. The van der Waals surface area contributed by atoms with E-state index in [1.807, 2.05) is 32.2 Å². The summed E-state index contributed by atoms with van der Waals surface area (Å²) in [5.74, 6) is 0.801. The fourth-order valence-electron chi connectivity index (χ4n) is 2.41. The first-order valence-corrected chi connectivity index (χ1v) is 7.61. The monoisotopic (exact) mass is 305 g/mol. The van der Waals surface area contributed by atoms with E-state index in [1.54, 1.807) is 0 Å². The predicted octanol–water partition coefficient (Wildman–Crippen LogP) is 1.86. The minimum absolute atomic E-state index is 0.0966. The van der Waals surface area contributed by atoms with Gasteiger partial charge in [-0.2, -0.15) is 0 Å². The Bertz CT molecular complexity index is 637. The van der Waals surface area contributed by atoms with E-state index in [9.17, 15) is 4.79 Å². The minimum atomic E-state index is -0.156. The van der Waals surface area contributed by atoms with Gasteiger partial charge in [-0.1, -0.05) is 0 Å². The highest BCUT2D eigenvalue weighted by Gasteiger charge is 2.09. The van der Waals surface area contributed by atoms with E-state index in [2.05, 4.69) is 14.9 Å². The van der Waals surface area contributed by atoms with Crippen molar-refractivity contribution < 1.29 is 14.6 Å². The Balaban J connectivity index is 2.04. The normalized spacial score (nSPS) is 10.9. The molecule has 0 bridgehead atoms. The Labute approximate surface area is 130 Å². The average molecular weight is 305 g/mol. The molecule has 1 heterocycles. The number of esters is 1. The number of carbonyl (C=O) groups excluding carboxylic acids is 1. The molecular weight excluding hydrogens is 282 g/mol. The Kier molecular flexibility index (Phi) is 5.77. The second-order valence-corrected chi connectivity index (χ2v) is 5.10. The van der Waals surface area contributed by atoms with Crippen molar-refractivity contribution in [1.82, 2.24) is 9.55 Å². The van der Waals surface area contributed by atoms with Gasteiger partial charge in [0.25, 0.3) is 0 Å². The van der Waals surface area contributed by atoms with Gasteiger partial charge in [-0.15, -0.1) is 0 Å². The number of carbonyl (C=O) groups is 1. The van der Waals surface area contributed by atoms with Crippen LogP contribution in [0, 0.1) is 0 Å². The summed E-state index contributed by atoms with van der Waals surface area (Å²) >= 11 is 0. The molecule has 2 aromatic rings. The molecule has 0 aliphatic heterocycles. The van der Waals surface area contributed by atoms with Crippen LogP contribution in [-0.2, 0) is 23.0 Å². The second-order valence-electron chi connectivity index (χ2n) is 5.10. The molecule has 2 rings (SSSR count). The second kappa shape index (κ2) is 7.79. The highest BCUT2D eigenvalue weighted by Crippen LogP contribution is 2.20. The van der Waals surface area contributed by atoms with E-state index in [0.29, 0.717) is 19.6 Å². The van der Waals surface area contributed by atoms with Crippen molar-refractivity contribution in [2.45, 2.75) is 26.2 Å². The topological polar surface area (TPSA) is 76.4 Å². The first-order valence-electron chi connectivity index (χ1n) is 7.61. The standard InChI is InChI=1S/C16H23N3O3/c1-3-22-16(21)6-4-5-15-18-13-11-12(17-9-10-20)7-8-14(13)19(15)2/h7-8,11,17,20H,3-6,9-10H2,1-2H3. The molecule has 0 saturated carbocycles. The number of nitrogens with zero attached hydrogens (tertiary/aromatic N) is 2. The number of fused-ring (bicyclic) bond motifs is 1. The van der Waals surface area contributed by atoms with E-state index < -0.39 is 0 Å². The van der Waals surface area contributed by atoms with Crippen LogP contribution >= 0.6 is 0 Å². The number of aryl methyl sites for hydroxylation is 2. The van der Waals surface area contributed by atoms with Gasteiger partial charge < -0.3 is 19.7 Å². The molecule has 6 nitrogen and oxygen atoms in total. The Morgan fingerprint density at radius 1 is 1.45 bits per heavy atom. The fourth-order valence-corrected chi connectivity index (χ4v) is 2.41. The van der Waals surface area contributed by atoms with Gasteiger partial charge in [-0.25, -0.2) is 4.98 Å². The molecule has 0 spiro atoms. The van der Waals surface area contributed by atoms with Crippen molar-refractivity contribution in [3.8, 4) is 0 Å². The van der Waals surface area contributed by atoms with Crippen LogP contribution in [0.5, 0.6) is 0 Å². The number of anilines is 1. The number of aliphatic hydroxyl groups excluding tert-OH is 1. The largest absolute Gasteiger partial charge is 0.466 e. The summed E-state index contributed by atoms with van der Waals surface area (Å²) < 4.78 is 6.98. The maximum absolute atomic E-state index is 11.4. The number of aliphatic hydroxyl groups is 1. The van der Waals surface area contributed by atoms with Crippen LogP contribution < -0.4 is 5.32 Å². The van der Waals surface area contributed by atoms with Crippen LogP contribution in [0.15, 0.2) is 18.2 Å². The molecule has 22 heavy (non-hydrogen) atoms. The molecule has 0 unspecified atom stereocenters. The lowest BCUT2D eigenvalue weighted by Crippen LogP contribution is -2.05. The molecule has 0 saturated heterocycles. The lowest BCUT2D eigenvalue weighted by molar-refractivity contribution is -0.143. The highest BCUT2D eigenvalue weighted by molar-refractivity contribution is 5.80. The molecule has 0 atom stereocenters. The summed E-state index contributed by atoms with van der Waals surface area (Å²) in [4.78, 5) is 16.0. The van der Waals surface area contributed by atoms with Crippen LogP contribution in [0.3, 0.4) is 0 Å². The quantitative estimate of drug-likeness (QED) is 0.728. The van der Waals surface area contributed by atoms with Crippen LogP contribution in [0.25, 0.3) is 11.0 Å². The fraction of sp³-hybridized carbons (Fsp3) is 0.500. The van der Waals surface area contributed by atoms with Crippen molar-refractivity contribution >= 4 is 22.7 Å². The number of ether oxygens (including phenoxy) is 1. The van der Waals surface area contributed by atoms with Gasteiger partial charge in [-0.3, -0.25) is 4.79 Å². The third-order valence-corrected chi connectivity index (χ3v) is 3.50. The number of hydrogen-bond acceptors (Lipinski definition) is 5. The van der Waals surface area contributed by atoms with E-state index in [-0.39, 0.29) is 12.6 Å². The lowest BCUT2D eigenvalue weighted by atomic mass is 10.2. The average Bonchev–Trinajstić information content (AvgIpc) is 2.81. The van der Waals surface area contributed by atoms with Crippen molar-refractivity contribution in [2.24, 2.45) is 7.05 Å². The molecule has 2 N–H and O–H groups in total. The van der Waals surface area contributed by atoms with Crippen LogP contribution in [0.1, 0.15) is 25.6 Å². The maximum Gasteiger partial charge on any atom is 0.305 e. The molecule has 1 aromatic carbocycles. The van der Waals surface area contributed by atoms with Crippen LogP contribution in [0.2, 0.25) is 0 Å². The summed E-state index contributed by atoms with van der Waals surface area (Å²) in [6.07, 6.45) is 1.88. The SMILES string of the molecule is CCOC(=O)CCCc1nc2cc(NCCO)ccc2n1C. The van der Waals surface area contributed by atoms with Gasteiger partial charge in [-0.05, 0) is 31.5 Å². The molecular formula is C16H23N3O3. The Morgan fingerprint density at radius 3 is 3.00 bits per heavy atom. The first kappa shape index (κ1) is 16.3. The van der Waals surface area contributed by atoms with Gasteiger partial charge in [0, 0.05) is 32.1 Å². The summed E-state index contributed by atoms with van der Waals surface area (Å²) in [6, 6.07) is 5.96. The zero-order valence-electron chi connectivity index (χ0n) is 13.1. The van der Waals surface area contributed by atoms with Gasteiger partial charge in [0.1, 0.15) is 5.82 Å². The summed E-state index contributed by atoms with van der Waals surface area (Å²) in [5, 5.41) is 12.0. The van der Waals surface area contributed by atoms with Crippen molar-refractivity contribution in [1.29, 1.82) is 0 Å². The number of benzene rings is 1. The van der Waals surface area contributed by atoms with Crippen LogP contribution in [-0.4, -0.2) is 40.4 Å². The van der Waals surface area contributed by atoms with E-state index >= 15 is 0 Å². The Hall–Kier alpha value is -2.08. The van der Waals surface area contributed by atoms with Gasteiger partial charge in [0.05, 0.1) is 24.2 Å². The molecule has 0 aliphatic rings. The van der Waals surface area contributed by atoms with E-state index in [0.717, 1.165) is 35.4 Å². The molecule has 0 radical (unpaired) electrons.